The second-order valence-corrected chi connectivity index (χ2v) is 14.1. The molecule has 2 atom stereocenters. The van der Waals surface area contributed by atoms with Crippen LogP contribution in [0.5, 0.6) is 0 Å². The molecule has 184 valence electrons. The van der Waals surface area contributed by atoms with Crippen LogP contribution in [-0.4, -0.2) is 47.2 Å². The van der Waals surface area contributed by atoms with Crippen LogP contribution in [-0.2, 0) is 0 Å². The Morgan fingerprint density at radius 1 is 0.818 bits per heavy atom. The zero-order chi connectivity index (χ0) is 21.8. The van der Waals surface area contributed by atoms with E-state index < -0.39 is 0 Å². The summed E-state index contributed by atoms with van der Waals surface area (Å²) in [5.41, 5.74) is 0.722. The molecule has 3 nitrogen and oxygen atoms in total. The quantitative estimate of drug-likeness (QED) is 0.486. The number of hydrogen-bond acceptors (Lipinski definition) is 2. The molecule has 0 aromatic carbocycles. The molecule has 0 amide bonds. The van der Waals surface area contributed by atoms with E-state index in [0.717, 1.165) is 47.1 Å². The lowest BCUT2D eigenvalue weighted by Crippen LogP contribution is -2.48. The molecular formula is C30H50N3+. The molecule has 8 aliphatic rings. The fourth-order valence-corrected chi connectivity index (χ4v) is 10.7. The van der Waals surface area contributed by atoms with E-state index in [2.05, 4.69) is 14.8 Å². The molecule has 0 radical (unpaired) electrons. The molecule has 1 N–H and O–H groups in total. The average molecular weight is 453 g/mol. The molecule has 6 saturated carbocycles. The van der Waals surface area contributed by atoms with Crippen LogP contribution in [0, 0.1) is 35.0 Å². The fraction of sp³-hybridized carbons (Fsp3) is 0.967. The minimum atomic E-state index is 0.722. The van der Waals surface area contributed by atoms with Gasteiger partial charge in [0.25, 0.3) is 0 Å². The van der Waals surface area contributed by atoms with E-state index in [4.69, 9.17) is 0 Å². The molecule has 3 heteroatoms. The van der Waals surface area contributed by atoms with Crippen molar-refractivity contribution in [1.82, 2.24) is 10.2 Å². The van der Waals surface area contributed by atoms with Crippen molar-refractivity contribution < 1.29 is 4.58 Å². The smallest absolute Gasteiger partial charge is 0.274 e. The van der Waals surface area contributed by atoms with Crippen molar-refractivity contribution in [3.05, 3.63) is 0 Å². The van der Waals surface area contributed by atoms with E-state index in [1.54, 1.807) is 44.5 Å². The van der Waals surface area contributed by atoms with Crippen LogP contribution in [0.2, 0.25) is 0 Å². The highest BCUT2D eigenvalue weighted by molar-refractivity contribution is 5.79. The summed E-state index contributed by atoms with van der Waals surface area (Å²) in [6.45, 7) is 3.91. The Hall–Kier alpha value is -0.730. The SMILES string of the molecule is C1CCC(C[C@H]2CNC3=[N+](CCC45CC6CC(CC(C6)C4)C5)[C@H](C4CCCCC4)CN32)CC1. The van der Waals surface area contributed by atoms with Gasteiger partial charge in [-0.25, -0.2) is 0 Å². The molecule has 2 heterocycles. The molecule has 0 unspecified atom stereocenters. The fourth-order valence-electron chi connectivity index (χ4n) is 10.7. The van der Waals surface area contributed by atoms with E-state index in [1.807, 2.05) is 0 Å². The lowest BCUT2D eigenvalue weighted by atomic mass is 9.49. The van der Waals surface area contributed by atoms with E-state index in [0.29, 0.717) is 0 Å². The first-order valence-electron chi connectivity index (χ1n) is 15.4. The van der Waals surface area contributed by atoms with Crippen molar-refractivity contribution in [1.29, 1.82) is 0 Å². The van der Waals surface area contributed by atoms with Crippen LogP contribution in [0.25, 0.3) is 0 Å². The summed E-state index contributed by atoms with van der Waals surface area (Å²) in [5.74, 6) is 6.81. The summed E-state index contributed by atoms with van der Waals surface area (Å²) in [5, 5.41) is 4.00. The molecule has 33 heavy (non-hydrogen) atoms. The Morgan fingerprint density at radius 2 is 1.45 bits per heavy atom. The summed E-state index contributed by atoms with van der Waals surface area (Å²) in [6, 6.07) is 1.58. The summed E-state index contributed by atoms with van der Waals surface area (Å²) in [6.07, 6.45) is 27.4. The maximum absolute atomic E-state index is 4.00. The van der Waals surface area contributed by atoms with Gasteiger partial charge in [-0.2, -0.15) is 0 Å². The number of rotatable bonds is 6. The van der Waals surface area contributed by atoms with Gasteiger partial charge in [0.1, 0.15) is 18.6 Å². The maximum Gasteiger partial charge on any atom is 0.349 e. The van der Waals surface area contributed by atoms with Gasteiger partial charge in [0.2, 0.25) is 0 Å². The predicted octanol–water partition coefficient (Wildman–Crippen LogP) is 6.17. The highest BCUT2D eigenvalue weighted by Crippen LogP contribution is 2.61. The Balaban J connectivity index is 1.09. The van der Waals surface area contributed by atoms with Crippen molar-refractivity contribution in [2.45, 2.75) is 128 Å². The number of fused-ring (bicyclic) bond motifs is 1. The van der Waals surface area contributed by atoms with Crippen molar-refractivity contribution in [3.63, 3.8) is 0 Å². The van der Waals surface area contributed by atoms with Gasteiger partial charge < -0.3 is 0 Å². The summed E-state index contributed by atoms with van der Waals surface area (Å²) >= 11 is 0. The lowest BCUT2D eigenvalue weighted by molar-refractivity contribution is -0.569. The minimum Gasteiger partial charge on any atom is -0.274 e. The Morgan fingerprint density at radius 3 is 2.12 bits per heavy atom. The largest absolute Gasteiger partial charge is 0.349 e. The molecule has 8 rings (SSSR count). The standard InChI is InChI=1S/C30H49N3/c1-3-7-22(8-4-1)16-27-20-31-29-32(28(21-33(27)29)26-9-5-2-6-10-26)12-11-30-17-23-13-24(18-30)15-25(14-23)19-30/h22-28H,1-21H2/p+1/t23?,24?,25?,27-,28-,30?/m0/s1. The van der Waals surface area contributed by atoms with Gasteiger partial charge in [0.05, 0.1) is 13.1 Å². The van der Waals surface area contributed by atoms with Gasteiger partial charge in [-0.3, -0.25) is 14.8 Å². The van der Waals surface area contributed by atoms with Gasteiger partial charge >= 0.3 is 5.96 Å². The van der Waals surface area contributed by atoms with E-state index in [1.165, 1.54) is 96.7 Å². The van der Waals surface area contributed by atoms with E-state index in [-0.39, 0.29) is 0 Å². The molecule has 7 fully saturated rings. The minimum absolute atomic E-state index is 0.722. The molecule has 4 bridgehead atoms. The van der Waals surface area contributed by atoms with Crippen LogP contribution in [0.4, 0.5) is 0 Å². The summed E-state index contributed by atoms with van der Waals surface area (Å²) < 4.78 is 2.97. The van der Waals surface area contributed by atoms with Crippen LogP contribution >= 0.6 is 0 Å². The van der Waals surface area contributed by atoms with Crippen LogP contribution in [0.15, 0.2) is 0 Å². The third kappa shape index (κ3) is 4.06. The molecule has 0 aromatic heterocycles. The number of hydrogen-bond donors (Lipinski definition) is 1. The molecular weight excluding hydrogens is 402 g/mol. The third-order valence-corrected chi connectivity index (χ3v) is 11.8. The predicted molar refractivity (Wildman–Crippen MR) is 135 cm³/mol. The lowest BCUT2D eigenvalue weighted by Gasteiger charge is -2.57. The topological polar surface area (TPSA) is 18.3 Å². The van der Waals surface area contributed by atoms with Crippen LogP contribution in [0.3, 0.4) is 0 Å². The molecule has 1 saturated heterocycles. The third-order valence-electron chi connectivity index (χ3n) is 11.8. The Kier molecular flexibility index (Phi) is 5.70. The molecule has 0 aromatic rings. The summed E-state index contributed by atoms with van der Waals surface area (Å²) in [4.78, 5) is 2.90. The second-order valence-electron chi connectivity index (χ2n) is 14.1. The van der Waals surface area contributed by atoms with E-state index >= 15 is 0 Å². The van der Waals surface area contributed by atoms with Gasteiger partial charge in [0.15, 0.2) is 0 Å². The molecule has 6 aliphatic carbocycles. The van der Waals surface area contributed by atoms with Gasteiger partial charge in [-0.1, -0.05) is 51.4 Å². The van der Waals surface area contributed by atoms with Crippen molar-refractivity contribution in [2.24, 2.45) is 35.0 Å². The van der Waals surface area contributed by atoms with Crippen molar-refractivity contribution in [2.75, 3.05) is 19.6 Å². The second kappa shape index (κ2) is 8.74. The molecule has 2 aliphatic heterocycles. The first-order chi connectivity index (χ1) is 16.2. The van der Waals surface area contributed by atoms with Crippen molar-refractivity contribution in [3.8, 4) is 0 Å². The van der Waals surface area contributed by atoms with E-state index in [9.17, 15) is 0 Å². The first-order valence-corrected chi connectivity index (χ1v) is 15.4. The van der Waals surface area contributed by atoms with Crippen molar-refractivity contribution >= 4 is 5.96 Å². The highest BCUT2D eigenvalue weighted by atomic mass is 15.5. The van der Waals surface area contributed by atoms with Gasteiger partial charge in [-0.05, 0) is 99.2 Å². The maximum atomic E-state index is 4.00. The first kappa shape index (κ1) is 21.5. The Labute approximate surface area is 203 Å². The van der Waals surface area contributed by atoms with Crippen LogP contribution in [0.1, 0.15) is 116 Å². The number of nitrogens with zero attached hydrogens (tertiary/aromatic N) is 2. The normalized spacial score (nSPS) is 43.4. The zero-order valence-corrected chi connectivity index (χ0v) is 21.3. The van der Waals surface area contributed by atoms with Gasteiger partial charge in [0, 0.05) is 0 Å². The number of guanidine groups is 1. The van der Waals surface area contributed by atoms with Gasteiger partial charge in [-0.15, -0.1) is 0 Å². The molecule has 0 spiro atoms. The number of nitrogens with one attached hydrogen (secondary N) is 1. The monoisotopic (exact) mass is 452 g/mol. The van der Waals surface area contributed by atoms with Crippen LogP contribution < -0.4 is 5.32 Å². The summed E-state index contributed by atoms with van der Waals surface area (Å²) in [7, 11) is 0. The Bertz CT molecular complexity index is 708. The zero-order valence-electron chi connectivity index (χ0n) is 21.3. The highest BCUT2D eigenvalue weighted by Gasteiger charge is 2.53. The average Bonchev–Trinajstić information content (AvgIpc) is 3.38.